The van der Waals surface area contributed by atoms with Crippen LogP contribution in [0.25, 0.3) is 0 Å². The van der Waals surface area contributed by atoms with E-state index >= 15 is 0 Å². The van der Waals surface area contributed by atoms with Gasteiger partial charge in [0.05, 0.1) is 10.8 Å². The molecule has 0 amide bonds. The van der Waals surface area contributed by atoms with Crippen molar-refractivity contribution in [3.63, 3.8) is 0 Å². The number of carboxylic acids is 1. The van der Waals surface area contributed by atoms with Gasteiger partial charge >= 0.3 is 11.7 Å². The van der Waals surface area contributed by atoms with Crippen molar-refractivity contribution in [2.24, 2.45) is 5.92 Å². The van der Waals surface area contributed by atoms with Crippen molar-refractivity contribution in [2.75, 3.05) is 11.9 Å². The number of nitro groups is 1. The van der Waals surface area contributed by atoms with E-state index in [0.29, 0.717) is 5.69 Å². The smallest absolute Gasteiger partial charge is 0.311 e. The number of anilines is 1. The fourth-order valence-electron chi connectivity index (χ4n) is 1.16. The van der Waals surface area contributed by atoms with Crippen LogP contribution in [0.4, 0.5) is 11.5 Å². The number of nitrogens with zero attached hydrogens (tertiary/aromatic N) is 2. The molecule has 1 unspecified atom stereocenters. The Bertz CT molecular complexity index is 447. The van der Waals surface area contributed by atoms with Crippen molar-refractivity contribution in [2.45, 2.75) is 13.8 Å². The molecule has 1 aromatic rings. The number of pyridine rings is 1. The molecule has 0 aliphatic heterocycles. The molecule has 0 fully saturated rings. The molecule has 17 heavy (non-hydrogen) atoms. The molecule has 0 aliphatic carbocycles. The number of aliphatic carboxylic acids is 1. The van der Waals surface area contributed by atoms with Gasteiger partial charge in [0.25, 0.3) is 0 Å². The molecule has 0 radical (unpaired) electrons. The first kappa shape index (κ1) is 12.9. The number of aryl methyl sites for hydroxylation is 1. The Morgan fingerprint density at radius 1 is 1.65 bits per heavy atom. The second kappa shape index (κ2) is 5.24. The molecule has 0 saturated heterocycles. The average molecular weight is 239 g/mol. The molecule has 0 saturated carbocycles. The molecule has 1 aromatic heterocycles. The standard InChI is InChI=1S/C10H13N3O4/c1-6(10(14)15)5-11-9-8(13(16)17)4-3-7(2)12-9/h3-4,6H,5H2,1-2H3,(H,11,12)(H,14,15). The zero-order chi connectivity index (χ0) is 13.0. The fourth-order valence-corrected chi connectivity index (χ4v) is 1.16. The highest BCUT2D eigenvalue weighted by Crippen LogP contribution is 2.21. The molecule has 0 aliphatic rings. The van der Waals surface area contributed by atoms with Gasteiger partial charge in [0.2, 0.25) is 5.82 Å². The summed E-state index contributed by atoms with van der Waals surface area (Å²) >= 11 is 0. The van der Waals surface area contributed by atoms with E-state index in [-0.39, 0.29) is 18.1 Å². The summed E-state index contributed by atoms with van der Waals surface area (Å²) in [6, 6.07) is 2.88. The lowest BCUT2D eigenvalue weighted by Crippen LogP contribution is -2.20. The maximum atomic E-state index is 10.7. The van der Waals surface area contributed by atoms with Gasteiger partial charge in [-0.05, 0) is 13.0 Å². The van der Waals surface area contributed by atoms with Gasteiger partial charge in [0.15, 0.2) is 0 Å². The summed E-state index contributed by atoms with van der Waals surface area (Å²) in [4.78, 5) is 24.8. The molecule has 92 valence electrons. The molecule has 1 rings (SSSR count). The average Bonchev–Trinajstić information content (AvgIpc) is 2.25. The third-order valence-electron chi connectivity index (χ3n) is 2.21. The van der Waals surface area contributed by atoms with E-state index in [1.54, 1.807) is 6.92 Å². The van der Waals surface area contributed by atoms with Crippen LogP contribution in [0.15, 0.2) is 12.1 Å². The van der Waals surface area contributed by atoms with Crippen molar-refractivity contribution >= 4 is 17.5 Å². The van der Waals surface area contributed by atoms with Crippen LogP contribution in [0.5, 0.6) is 0 Å². The van der Waals surface area contributed by atoms with Crippen molar-refractivity contribution in [1.29, 1.82) is 0 Å². The highest BCUT2D eigenvalue weighted by Gasteiger charge is 2.17. The number of carbonyl (C=O) groups is 1. The van der Waals surface area contributed by atoms with E-state index in [1.165, 1.54) is 19.1 Å². The molecule has 1 heterocycles. The zero-order valence-corrected chi connectivity index (χ0v) is 9.51. The Labute approximate surface area is 97.6 Å². The lowest BCUT2D eigenvalue weighted by atomic mass is 10.2. The van der Waals surface area contributed by atoms with Gasteiger partial charge in [0, 0.05) is 18.3 Å². The predicted octanol–water partition coefficient (Wildman–Crippen LogP) is 1.43. The largest absolute Gasteiger partial charge is 0.481 e. The van der Waals surface area contributed by atoms with Crippen LogP contribution in [-0.4, -0.2) is 27.5 Å². The molecule has 0 aromatic carbocycles. The molecule has 7 nitrogen and oxygen atoms in total. The molecular formula is C10H13N3O4. The summed E-state index contributed by atoms with van der Waals surface area (Å²) in [5.41, 5.74) is 0.467. The summed E-state index contributed by atoms with van der Waals surface area (Å²) < 4.78 is 0. The second-order valence-corrected chi connectivity index (χ2v) is 3.70. The predicted molar refractivity (Wildman–Crippen MR) is 60.9 cm³/mol. The highest BCUT2D eigenvalue weighted by molar-refractivity contribution is 5.70. The van der Waals surface area contributed by atoms with Crippen LogP contribution >= 0.6 is 0 Å². The zero-order valence-electron chi connectivity index (χ0n) is 9.51. The molecule has 1 atom stereocenters. The number of hydrogen-bond acceptors (Lipinski definition) is 5. The summed E-state index contributed by atoms with van der Waals surface area (Å²) in [6.45, 7) is 3.30. The summed E-state index contributed by atoms with van der Waals surface area (Å²) in [6.07, 6.45) is 0. The first-order valence-corrected chi connectivity index (χ1v) is 5.00. The van der Waals surface area contributed by atoms with Crippen molar-refractivity contribution in [3.8, 4) is 0 Å². The molecule has 0 bridgehead atoms. The monoisotopic (exact) mass is 239 g/mol. The fraction of sp³-hybridized carbons (Fsp3) is 0.400. The second-order valence-electron chi connectivity index (χ2n) is 3.70. The lowest BCUT2D eigenvalue weighted by Gasteiger charge is -2.09. The number of carboxylic acid groups (broad SMARTS) is 1. The minimum Gasteiger partial charge on any atom is -0.481 e. The van der Waals surface area contributed by atoms with Gasteiger partial charge in [-0.1, -0.05) is 6.92 Å². The van der Waals surface area contributed by atoms with Crippen LogP contribution in [0, 0.1) is 23.0 Å². The minimum atomic E-state index is -0.965. The van der Waals surface area contributed by atoms with Crippen LogP contribution in [0.2, 0.25) is 0 Å². The van der Waals surface area contributed by atoms with Gasteiger partial charge < -0.3 is 10.4 Å². The van der Waals surface area contributed by atoms with Gasteiger partial charge in [-0.15, -0.1) is 0 Å². The highest BCUT2D eigenvalue weighted by atomic mass is 16.6. The van der Waals surface area contributed by atoms with E-state index in [2.05, 4.69) is 10.3 Å². The number of hydrogen-bond donors (Lipinski definition) is 2. The van der Waals surface area contributed by atoms with Crippen molar-refractivity contribution in [3.05, 3.63) is 27.9 Å². The van der Waals surface area contributed by atoms with E-state index < -0.39 is 16.8 Å². The van der Waals surface area contributed by atoms with Crippen LogP contribution < -0.4 is 5.32 Å². The molecular weight excluding hydrogens is 226 g/mol. The maximum Gasteiger partial charge on any atom is 0.311 e. The molecule has 7 heteroatoms. The van der Waals surface area contributed by atoms with Gasteiger partial charge in [-0.2, -0.15) is 0 Å². The summed E-state index contributed by atoms with van der Waals surface area (Å²) in [5, 5.41) is 22.1. The lowest BCUT2D eigenvalue weighted by molar-refractivity contribution is -0.384. The maximum absolute atomic E-state index is 10.7. The van der Waals surface area contributed by atoms with E-state index in [0.717, 1.165) is 0 Å². The topological polar surface area (TPSA) is 105 Å². The quantitative estimate of drug-likeness (QED) is 0.594. The van der Waals surface area contributed by atoms with E-state index in [9.17, 15) is 14.9 Å². The van der Waals surface area contributed by atoms with E-state index in [4.69, 9.17) is 5.11 Å². The molecule has 0 spiro atoms. The van der Waals surface area contributed by atoms with Gasteiger partial charge in [0.1, 0.15) is 0 Å². The number of aromatic nitrogens is 1. The number of nitrogens with one attached hydrogen (secondary N) is 1. The Morgan fingerprint density at radius 3 is 2.82 bits per heavy atom. The third-order valence-corrected chi connectivity index (χ3v) is 2.21. The third kappa shape index (κ3) is 3.40. The molecule has 2 N–H and O–H groups in total. The SMILES string of the molecule is Cc1ccc([N+](=O)[O-])c(NCC(C)C(=O)O)n1. The Morgan fingerprint density at radius 2 is 2.29 bits per heavy atom. The first-order chi connectivity index (χ1) is 7.91. The first-order valence-electron chi connectivity index (χ1n) is 5.00. The van der Waals surface area contributed by atoms with Crippen molar-refractivity contribution < 1.29 is 14.8 Å². The number of rotatable bonds is 5. The summed E-state index contributed by atoms with van der Waals surface area (Å²) in [7, 11) is 0. The normalized spacial score (nSPS) is 11.9. The van der Waals surface area contributed by atoms with Crippen LogP contribution in [0.3, 0.4) is 0 Å². The van der Waals surface area contributed by atoms with Crippen LogP contribution in [0.1, 0.15) is 12.6 Å². The van der Waals surface area contributed by atoms with Gasteiger partial charge in [-0.25, -0.2) is 4.98 Å². The van der Waals surface area contributed by atoms with Gasteiger partial charge in [-0.3, -0.25) is 14.9 Å². The Kier molecular flexibility index (Phi) is 3.97. The summed E-state index contributed by atoms with van der Waals surface area (Å²) in [5.74, 6) is -1.51. The van der Waals surface area contributed by atoms with E-state index in [1.807, 2.05) is 0 Å². The Hall–Kier alpha value is -2.18. The van der Waals surface area contributed by atoms with Crippen molar-refractivity contribution in [1.82, 2.24) is 4.98 Å². The minimum absolute atomic E-state index is 0.0899. The Balaban J connectivity index is 2.85. The van der Waals surface area contributed by atoms with Crippen LogP contribution in [-0.2, 0) is 4.79 Å².